The fraction of sp³-hybridized carbons (Fsp3) is 0.400. The molecule has 1 aliphatic heterocycles. The zero-order valence-corrected chi connectivity index (χ0v) is 11.1. The molecule has 1 aliphatic carbocycles. The molecular formula is C15H18N4. The number of nitrogen functional groups attached to an aromatic ring is 1. The Balaban J connectivity index is 1.76. The van der Waals surface area contributed by atoms with E-state index in [1.54, 1.807) is 0 Å². The second-order valence-electron chi connectivity index (χ2n) is 5.63. The lowest BCUT2D eigenvalue weighted by atomic mass is 10.1. The van der Waals surface area contributed by atoms with Crippen LogP contribution in [0.4, 0.5) is 11.5 Å². The van der Waals surface area contributed by atoms with Crippen LogP contribution >= 0.6 is 0 Å². The Morgan fingerprint density at radius 1 is 1.32 bits per heavy atom. The quantitative estimate of drug-likeness (QED) is 0.895. The number of imidazole rings is 1. The molecule has 2 aromatic rings. The second kappa shape index (κ2) is 3.76. The topological polar surface area (TPSA) is 47.1 Å². The first kappa shape index (κ1) is 10.9. The summed E-state index contributed by atoms with van der Waals surface area (Å²) in [4.78, 5) is 6.81. The van der Waals surface area contributed by atoms with Gasteiger partial charge in [0.1, 0.15) is 11.5 Å². The number of fused-ring (bicyclic) bond motifs is 1. The van der Waals surface area contributed by atoms with Crippen LogP contribution in [0.15, 0.2) is 24.5 Å². The van der Waals surface area contributed by atoms with Crippen molar-refractivity contribution in [3.8, 4) is 11.3 Å². The summed E-state index contributed by atoms with van der Waals surface area (Å²) in [5.74, 6) is 0.814. The van der Waals surface area contributed by atoms with Crippen LogP contribution in [0.2, 0.25) is 0 Å². The van der Waals surface area contributed by atoms with Crippen LogP contribution in [-0.2, 0) is 6.42 Å². The van der Waals surface area contributed by atoms with E-state index in [1.807, 2.05) is 6.33 Å². The molecule has 1 aromatic carbocycles. The van der Waals surface area contributed by atoms with Crippen LogP contribution in [0.25, 0.3) is 11.3 Å². The number of nitrogens with zero attached hydrogens (tertiary/aromatic N) is 3. The molecule has 0 saturated heterocycles. The SMILES string of the molecule is CN1CCc2cc(-c3ncn(C4CC4)c3N)ccc21. The average Bonchev–Trinajstić information content (AvgIpc) is 3.09. The van der Waals surface area contributed by atoms with Crippen molar-refractivity contribution in [3.05, 3.63) is 30.1 Å². The Kier molecular flexibility index (Phi) is 2.16. The molecule has 0 spiro atoms. The predicted octanol–water partition coefficient (Wildman–Crippen LogP) is 2.46. The van der Waals surface area contributed by atoms with Gasteiger partial charge in [-0.2, -0.15) is 0 Å². The number of anilines is 2. The number of hydrogen-bond acceptors (Lipinski definition) is 3. The molecule has 1 aromatic heterocycles. The van der Waals surface area contributed by atoms with Gasteiger partial charge in [0, 0.05) is 30.9 Å². The van der Waals surface area contributed by atoms with Gasteiger partial charge in [-0.3, -0.25) is 0 Å². The van der Waals surface area contributed by atoms with E-state index in [1.165, 1.54) is 24.1 Å². The van der Waals surface area contributed by atoms with Crippen LogP contribution in [0.3, 0.4) is 0 Å². The molecule has 98 valence electrons. The van der Waals surface area contributed by atoms with Crippen molar-refractivity contribution in [1.29, 1.82) is 0 Å². The maximum atomic E-state index is 6.24. The molecule has 0 atom stereocenters. The largest absolute Gasteiger partial charge is 0.383 e. The monoisotopic (exact) mass is 254 g/mol. The molecule has 4 heteroatoms. The fourth-order valence-corrected chi connectivity index (χ4v) is 2.95. The first-order chi connectivity index (χ1) is 9.24. The minimum Gasteiger partial charge on any atom is -0.383 e. The molecule has 4 rings (SSSR count). The van der Waals surface area contributed by atoms with Crippen LogP contribution in [0, 0.1) is 0 Å². The smallest absolute Gasteiger partial charge is 0.131 e. The minimum atomic E-state index is 0.585. The standard InChI is InChI=1S/C15H18N4/c1-18-7-6-10-8-11(2-5-13(10)18)14-15(16)19(9-17-14)12-3-4-12/h2,5,8-9,12H,3-4,6-7,16H2,1H3. The molecule has 0 unspecified atom stereocenters. The van der Waals surface area contributed by atoms with Gasteiger partial charge in [0.25, 0.3) is 0 Å². The predicted molar refractivity (Wildman–Crippen MR) is 77.3 cm³/mol. The Hall–Kier alpha value is -1.97. The Labute approximate surface area is 112 Å². The molecular weight excluding hydrogens is 236 g/mol. The highest BCUT2D eigenvalue weighted by atomic mass is 15.2. The summed E-state index contributed by atoms with van der Waals surface area (Å²) in [5, 5.41) is 0. The number of nitrogens with two attached hydrogens (primary N) is 1. The first-order valence-electron chi connectivity index (χ1n) is 6.91. The van der Waals surface area contributed by atoms with Gasteiger partial charge >= 0.3 is 0 Å². The third-order valence-electron chi connectivity index (χ3n) is 4.25. The van der Waals surface area contributed by atoms with E-state index in [9.17, 15) is 0 Å². The average molecular weight is 254 g/mol. The summed E-state index contributed by atoms with van der Waals surface area (Å²) in [5.41, 5.74) is 11.1. The molecule has 2 heterocycles. The van der Waals surface area contributed by atoms with Gasteiger partial charge in [0.05, 0.1) is 6.33 Å². The molecule has 0 amide bonds. The highest BCUT2D eigenvalue weighted by Crippen LogP contribution is 2.40. The Morgan fingerprint density at radius 2 is 2.16 bits per heavy atom. The van der Waals surface area contributed by atoms with Gasteiger partial charge in [0.2, 0.25) is 0 Å². The molecule has 1 saturated carbocycles. The van der Waals surface area contributed by atoms with Crippen molar-refractivity contribution < 1.29 is 0 Å². The minimum absolute atomic E-state index is 0.585. The summed E-state index contributed by atoms with van der Waals surface area (Å²) in [6.07, 6.45) is 5.47. The number of benzene rings is 1. The molecule has 2 aliphatic rings. The maximum Gasteiger partial charge on any atom is 0.131 e. The van der Waals surface area contributed by atoms with Crippen molar-refractivity contribution in [3.63, 3.8) is 0 Å². The number of aromatic nitrogens is 2. The van der Waals surface area contributed by atoms with Crippen LogP contribution in [-0.4, -0.2) is 23.1 Å². The van der Waals surface area contributed by atoms with Crippen LogP contribution in [0.5, 0.6) is 0 Å². The van der Waals surface area contributed by atoms with E-state index in [2.05, 4.69) is 39.7 Å². The van der Waals surface area contributed by atoms with Gasteiger partial charge in [-0.25, -0.2) is 4.98 Å². The maximum absolute atomic E-state index is 6.24. The molecule has 0 radical (unpaired) electrons. The van der Waals surface area contributed by atoms with Crippen molar-refractivity contribution in [2.75, 3.05) is 24.2 Å². The van der Waals surface area contributed by atoms with E-state index < -0.39 is 0 Å². The van der Waals surface area contributed by atoms with E-state index in [4.69, 9.17) is 5.73 Å². The number of hydrogen-bond donors (Lipinski definition) is 1. The van der Waals surface area contributed by atoms with Gasteiger partial charge in [-0.05, 0) is 37.0 Å². The van der Waals surface area contributed by atoms with E-state index in [0.717, 1.165) is 30.0 Å². The van der Waals surface area contributed by atoms with Gasteiger partial charge in [0.15, 0.2) is 0 Å². The lowest BCUT2D eigenvalue weighted by Gasteiger charge is -2.12. The Morgan fingerprint density at radius 3 is 2.95 bits per heavy atom. The number of rotatable bonds is 2. The second-order valence-corrected chi connectivity index (χ2v) is 5.63. The summed E-state index contributed by atoms with van der Waals surface area (Å²) in [6.45, 7) is 1.10. The van der Waals surface area contributed by atoms with E-state index in [-0.39, 0.29) is 0 Å². The highest BCUT2D eigenvalue weighted by molar-refractivity contribution is 5.74. The highest BCUT2D eigenvalue weighted by Gasteiger charge is 2.27. The number of likely N-dealkylation sites (N-methyl/N-ethyl adjacent to an activating group) is 1. The zero-order chi connectivity index (χ0) is 13.0. The molecule has 1 fully saturated rings. The molecule has 4 nitrogen and oxygen atoms in total. The van der Waals surface area contributed by atoms with E-state index >= 15 is 0 Å². The van der Waals surface area contributed by atoms with Gasteiger partial charge in [-0.15, -0.1) is 0 Å². The van der Waals surface area contributed by atoms with Gasteiger partial charge in [-0.1, -0.05) is 6.07 Å². The van der Waals surface area contributed by atoms with Crippen molar-refractivity contribution in [1.82, 2.24) is 9.55 Å². The lowest BCUT2D eigenvalue weighted by molar-refractivity contribution is 0.751. The third kappa shape index (κ3) is 1.63. The molecule has 19 heavy (non-hydrogen) atoms. The summed E-state index contributed by atoms with van der Waals surface area (Å²) < 4.78 is 2.12. The summed E-state index contributed by atoms with van der Waals surface area (Å²) >= 11 is 0. The Bertz CT molecular complexity index is 640. The van der Waals surface area contributed by atoms with Crippen molar-refractivity contribution >= 4 is 11.5 Å². The zero-order valence-electron chi connectivity index (χ0n) is 11.1. The fourth-order valence-electron chi connectivity index (χ4n) is 2.95. The van der Waals surface area contributed by atoms with Crippen LogP contribution < -0.4 is 10.6 Å². The molecule has 2 N–H and O–H groups in total. The van der Waals surface area contributed by atoms with Crippen LogP contribution in [0.1, 0.15) is 24.4 Å². The lowest BCUT2D eigenvalue weighted by Crippen LogP contribution is -2.12. The first-order valence-corrected chi connectivity index (χ1v) is 6.91. The third-order valence-corrected chi connectivity index (χ3v) is 4.25. The molecule has 0 bridgehead atoms. The normalized spacial score (nSPS) is 17.8. The van der Waals surface area contributed by atoms with E-state index in [0.29, 0.717) is 6.04 Å². The summed E-state index contributed by atoms with van der Waals surface area (Å²) in [7, 11) is 2.14. The van der Waals surface area contributed by atoms with Crippen molar-refractivity contribution in [2.45, 2.75) is 25.3 Å². The van der Waals surface area contributed by atoms with Gasteiger partial charge < -0.3 is 15.2 Å². The van der Waals surface area contributed by atoms with Crippen molar-refractivity contribution in [2.24, 2.45) is 0 Å². The summed E-state index contributed by atoms with van der Waals surface area (Å²) in [6, 6.07) is 7.15.